The van der Waals surface area contributed by atoms with Gasteiger partial charge in [-0.25, -0.2) is 0 Å². The molecule has 0 spiro atoms. The number of carbonyl (C=O) groups excluding carboxylic acids is 1. The van der Waals surface area contributed by atoms with Crippen molar-refractivity contribution in [3.8, 4) is 11.3 Å². The van der Waals surface area contributed by atoms with Gasteiger partial charge < -0.3 is 5.32 Å². The Kier molecular flexibility index (Phi) is 6.15. The van der Waals surface area contributed by atoms with E-state index in [1.807, 2.05) is 60.8 Å². The molecule has 1 aromatic heterocycles. The van der Waals surface area contributed by atoms with E-state index < -0.39 is 0 Å². The second kappa shape index (κ2) is 8.95. The number of nitrogens with zero attached hydrogens (tertiary/aromatic N) is 1. The first-order valence-corrected chi connectivity index (χ1v) is 9.18. The highest BCUT2D eigenvalue weighted by Gasteiger charge is 2.07. The van der Waals surface area contributed by atoms with E-state index >= 15 is 0 Å². The first-order chi connectivity index (χ1) is 12.8. The molecule has 132 valence electrons. The quantitative estimate of drug-likeness (QED) is 0.556. The van der Waals surface area contributed by atoms with Gasteiger partial charge >= 0.3 is 0 Å². The Morgan fingerprint density at radius 2 is 1.69 bits per heavy atom. The van der Waals surface area contributed by atoms with Gasteiger partial charge in [-0.1, -0.05) is 56.2 Å². The first kappa shape index (κ1) is 17.9. The predicted molar refractivity (Wildman–Crippen MR) is 107 cm³/mol. The molecule has 3 rings (SSSR count). The molecule has 3 heteroatoms. The number of rotatable bonds is 7. The van der Waals surface area contributed by atoms with Gasteiger partial charge in [0.25, 0.3) is 5.91 Å². The van der Waals surface area contributed by atoms with Crippen molar-refractivity contribution < 1.29 is 4.79 Å². The van der Waals surface area contributed by atoms with Crippen molar-refractivity contribution in [1.29, 1.82) is 0 Å². The van der Waals surface area contributed by atoms with Gasteiger partial charge in [0.05, 0.1) is 5.69 Å². The van der Waals surface area contributed by atoms with Gasteiger partial charge in [-0.2, -0.15) is 0 Å². The van der Waals surface area contributed by atoms with Crippen LogP contribution in [-0.4, -0.2) is 10.9 Å². The fraction of sp³-hybridized carbons (Fsp3) is 0.217. The molecule has 26 heavy (non-hydrogen) atoms. The van der Waals surface area contributed by atoms with Crippen molar-refractivity contribution in [2.24, 2.45) is 0 Å². The molecule has 1 amide bonds. The van der Waals surface area contributed by atoms with Crippen LogP contribution in [0.4, 0.5) is 5.69 Å². The monoisotopic (exact) mass is 344 g/mol. The minimum Gasteiger partial charge on any atom is -0.322 e. The zero-order chi connectivity index (χ0) is 18.2. The zero-order valence-electron chi connectivity index (χ0n) is 15.1. The molecule has 1 heterocycles. The summed E-state index contributed by atoms with van der Waals surface area (Å²) in [5, 5.41) is 2.89. The Balaban J connectivity index is 1.64. The summed E-state index contributed by atoms with van der Waals surface area (Å²) in [5.41, 5.74) is 4.65. The summed E-state index contributed by atoms with van der Waals surface area (Å²) in [7, 11) is 0. The minimum absolute atomic E-state index is 0.109. The molecule has 0 aliphatic heterocycles. The summed E-state index contributed by atoms with van der Waals surface area (Å²) >= 11 is 0. The molecular formula is C23H24N2O. The molecule has 0 saturated heterocycles. The van der Waals surface area contributed by atoms with Crippen LogP contribution in [0.3, 0.4) is 0 Å². The van der Waals surface area contributed by atoms with E-state index in [0.29, 0.717) is 5.56 Å². The summed E-state index contributed by atoms with van der Waals surface area (Å²) in [6, 6.07) is 21.2. The lowest BCUT2D eigenvalue weighted by Gasteiger charge is -2.07. The van der Waals surface area contributed by atoms with Gasteiger partial charge in [0.1, 0.15) is 0 Å². The standard InChI is InChI=1S/C23H24N2O/c1-2-3-5-8-18-11-16-22(24-17-18)19-12-14-20(15-13-19)23(26)25-21-9-6-4-7-10-21/h4,6-7,9-17H,2-3,5,8H2,1H3,(H,25,26). The largest absolute Gasteiger partial charge is 0.322 e. The average molecular weight is 344 g/mol. The number of hydrogen-bond acceptors (Lipinski definition) is 2. The highest BCUT2D eigenvalue weighted by Crippen LogP contribution is 2.19. The fourth-order valence-corrected chi connectivity index (χ4v) is 2.84. The van der Waals surface area contributed by atoms with E-state index in [4.69, 9.17) is 0 Å². The fourth-order valence-electron chi connectivity index (χ4n) is 2.84. The van der Waals surface area contributed by atoms with Crippen molar-refractivity contribution >= 4 is 11.6 Å². The van der Waals surface area contributed by atoms with Gasteiger partial charge in [0, 0.05) is 23.0 Å². The van der Waals surface area contributed by atoms with E-state index in [2.05, 4.69) is 29.4 Å². The summed E-state index contributed by atoms with van der Waals surface area (Å²) in [4.78, 5) is 16.9. The maximum atomic E-state index is 12.3. The maximum Gasteiger partial charge on any atom is 0.255 e. The molecular weight excluding hydrogens is 320 g/mol. The van der Waals surface area contributed by atoms with Gasteiger partial charge in [0.15, 0.2) is 0 Å². The third-order valence-electron chi connectivity index (χ3n) is 4.37. The summed E-state index contributed by atoms with van der Waals surface area (Å²) in [6.45, 7) is 2.21. The maximum absolute atomic E-state index is 12.3. The third kappa shape index (κ3) is 4.79. The molecule has 0 fully saturated rings. The number of amides is 1. The average Bonchev–Trinajstić information content (AvgIpc) is 2.70. The predicted octanol–water partition coefficient (Wildman–Crippen LogP) is 5.73. The van der Waals surface area contributed by atoms with Gasteiger partial charge in [-0.05, 0) is 48.7 Å². The number of pyridine rings is 1. The molecule has 0 atom stereocenters. The lowest BCUT2D eigenvalue weighted by atomic mass is 10.1. The Morgan fingerprint density at radius 1 is 0.923 bits per heavy atom. The Bertz CT molecular complexity index is 824. The van der Waals surface area contributed by atoms with Crippen molar-refractivity contribution in [1.82, 2.24) is 4.98 Å². The molecule has 1 N–H and O–H groups in total. The van der Waals surface area contributed by atoms with Crippen LogP contribution in [0, 0.1) is 0 Å². The summed E-state index contributed by atoms with van der Waals surface area (Å²) in [6.07, 6.45) is 6.74. The van der Waals surface area contributed by atoms with E-state index in [-0.39, 0.29) is 5.91 Å². The first-order valence-electron chi connectivity index (χ1n) is 9.18. The highest BCUT2D eigenvalue weighted by molar-refractivity contribution is 6.04. The molecule has 0 radical (unpaired) electrons. The molecule has 0 unspecified atom stereocenters. The van der Waals surface area contributed by atoms with Crippen molar-refractivity contribution in [3.63, 3.8) is 0 Å². The molecule has 2 aromatic carbocycles. The van der Waals surface area contributed by atoms with E-state index in [9.17, 15) is 4.79 Å². The summed E-state index contributed by atoms with van der Waals surface area (Å²) < 4.78 is 0. The van der Waals surface area contributed by atoms with Crippen LogP contribution in [0.15, 0.2) is 72.9 Å². The molecule has 0 saturated carbocycles. The zero-order valence-corrected chi connectivity index (χ0v) is 15.1. The van der Waals surface area contributed by atoms with Crippen LogP contribution in [0.25, 0.3) is 11.3 Å². The Labute approximate surface area is 155 Å². The van der Waals surface area contributed by atoms with Gasteiger partial charge in [-0.3, -0.25) is 9.78 Å². The number of anilines is 1. The normalized spacial score (nSPS) is 10.5. The third-order valence-corrected chi connectivity index (χ3v) is 4.37. The molecule has 0 bridgehead atoms. The Hall–Kier alpha value is -2.94. The number of aryl methyl sites for hydroxylation is 1. The van der Waals surface area contributed by atoms with E-state index in [1.54, 1.807) is 0 Å². The van der Waals surface area contributed by atoms with Crippen LogP contribution >= 0.6 is 0 Å². The summed E-state index contributed by atoms with van der Waals surface area (Å²) in [5.74, 6) is -0.109. The van der Waals surface area contributed by atoms with E-state index in [0.717, 1.165) is 23.4 Å². The minimum atomic E-state index is -0.109. The number of unbranched alkanes of at least 4 members (excludes halogenated alkanes) is 2. The smallest absolute Gasteiger partial charge is 0.255 e. The van der Waals surface area contributed by atoms with Crippen molar-refractivity contribution in [3.05, 3.63) is 84.1 Å². The topological polar surface area (TPSA) is 42.0 Å². The van der Waals surface area contributed by atoms with E-state index in [1.165, 1.54) is 24.8 Å². The SMILES string of the molecule is CCCCCc1ccc(-c2ccc(C(=O)Nc3ccccc3)cc2)nc1. The number of para-hydroxylation sites is 1. The van der Waals surface area contributed by atoms with Crippen LogP contribution in [0.1, 0.15) is 42.1 Å². The van der Waals surface area contributed by atoms with Crippen LogP contribution in [-0.2, 0) is 6.42 Å². The second-order valence-corrected chi connectivity index (χ2v) is 6.41. The number of carbonyl (C=O) groups is 1. The lowest BCUT2D eigenvalue weighted by molar-refractivity contribution is 0.102. The van der Waals surface area contributed by atoms with Crippen LogP contribution in [0.5, 0.6) is 0 Å². The molecule has 0 aliphatic carbocycles. The van der Waals surface area contributed by atoms with Crippen LogP contribution in [0.2, 0.25) is 0 Å². The number of nitrogens with one attached hydrogen (secondary N) is 1. The Morgan fingerprint density at radius 3 is 2.35 bits per heavy atom. The molecule has 3 nitrogen and oxygen atoms in total. The van der Waals surface area contributed by atoms with Crippen LogP contribution < -0.4 is 5.32 Å². The number of aromatic nitrogens is 1. The lowest BCUT2D eigenvalue weighted by Crippen LogP contribution is -2.11. The van der Waals surface area contributed by atoms with Crippen molar-refractivity contribution in [2.45, 2.75) is 32.6 Å². The highest BCUT2D eigenvalue weighted by atomic mass is 16.1. The number of hydrogen-bond donors (Lipinski definition) is 1. The second-order valence-electron chi connectivity index (χ2n) is 6.41. The van der Waals surface area contributed by atoms with Gasteiger partial charge in [-0.15, -0.1) is 0 Å². The molecule has 3 aromatic rings. The van der Waals surface area contributed by atoms with Gasteiger partial charge in [0.2, 0.25) is 0 Å². The number of benzene rings is 2. The molecule has 0 aliphatic rings. The van der Waals surface area contributed by atoms with Crippen molar-refractivity contribution in [2.75, 3.05) is 5.32 Å².